The van der Waals surface area contributed by atoms with Gasteiger partial charge in [-0.05, 0) is 38.1 Å². The van der Waals surface area contributed by atoms with Gasteiger partial charge in [0.25, 0.3) is 0 Å². The Hall–Kier alpha value is -2.67. The van der Waals surface area contributed by atoms with Gasteiger partial charge < -0.3 is 9.84 Å². The second kappa shape index (κ2) is 8.62. The van der Waals surface area contributed by atoms with E-state index in [0.717, 1.165) is 4.90 Å². The van der Waals surface area contributed by atoms with E-state index in [9.17, 15) is 4.79 Å². The second-order valence-electron chi connectivity index (χ2n) is 5.84. The molecule has 3 aromatic rings. The van der Waals surface area contributed by atoms with Gasteiger partial charge in [-0.1, -0.05) is 28.9 Å². The van der Waals surface area contributed by atoms with Gasteiger partial charge in [0.15, 0.2) is 0 Å². The molecule has 0 radical (unpaired) electrons. The lowest BCUT2D eigenvalue weighted by Gasteiger charge is -2.11. The molecule has 0 saturated heterocycles. The molecular weight excluding hydrogens is 348 g/mol. The number of pyridine rings is 1. The first-order valence-electron chi connectivity index (χ1n) is 8.37. The lowest BCUT2D eigenvalue weighted by molar-refractivity contribution is -0.120. The largest absolute Gasteiger partial charge is 0.355 e. The van der Waals surface area contributed by atoms with Crippen molar-refractivity contribution >= 4 is 17.7 Å². The molecule has 134 valence electrons. The number of amides is 1. The van der Waals surface area contributed by atoms with Crippen LogP contribution in [0.4, 0.5) is 0 Å². The third-order valence-corrected chi connectivity index (χ3v) is 4.82. The Bertz CT molecular complexity index is 849. The van der Waals surface area contributed by atoms with Crippen LogP contribution in [-0.2, 0) is 11.2 Å². The Morgan fingerprint density at radius 1 is 1.23 bits per heavy atom. The third kappa shape index (κ3) is 4.92. The number of aromatic nitrogens is 3. The van der Waals surface area contributed by atoms with Crippen LogP contribution in [0.5, 0.6) is 0 Å². The number of nitrogens with one attached hydrogen (secondary N) is 1. The Morgan fingerprint density at radius 2 is 2.04 bits per heavy atom. The minimum Gasteiger partial charge on any atom is -0.355 e. The molecule has 0 saturated carbocycles. The van der Waals surface area contributed by atoms with E-state index in [1.54, 1.807) is 6.20 Å². The lowest BCUT2D eigenvalue weighted by atomic mass is 10.2. The molecule has 1 aromatic carbocycles. The number of carbonyl (C=O) groups is 1. The van der Waals surface area contributed by atoms with Gasteiger partial charge in [-0.15, -0.1) is 11.8 Å². The Morgan fingerprint density at radius 3 is 2.77 bits per heavy atom. The van der Waals surface area contributed by atoms with Crippen LogP contribution in [-0.4, -0.2) is 32.8 Å². The molecule has 1 N–H and O–H groups in total. The van der Waals surface area contributed by atoms with Crippen molar-refractivity contribution in [3.63, 3.8) is 0 Å². The van der Waals surface area contributed by atoms with Crippen molar-refractivity contribution < 1.29 is 9.32 Å². The zero-order chi connectivity index (χ0) is 18.4. The maximum Gasteiger partial charge on any atom is 0.233 e. The molecule has 0 bridgehead atoms. The van der Waals surface area contributed by atoms with E-state index in [0.29, 0.717) is 30.4 Å². The van der Waals surface area contributed by atoms with Crippen molar-refractivity contribution in [2.24, 2.45) is 0 Å². The van der Waals surface area contributed by atoms with Gasteiger partial charge in [-0.3, -0.25) is 9.78 Å². The highest BCUT2D eigenvalue weighted by Crippen LogP contribution is 2.23. The molecule has 3 rings (SSSR count). The standard InChI is InChI=1S/C19H20N4O2S/c1-13-6-8-15(9-7-13)26-14(2)19(24)21-12-10-17-22-18(23-25-17)16-5-3-4-11-20-16/h3-9,11,14H,10,12H2,1-2H3,(H,21,24). The number of aryl methyl sites for hydroxylation is 1. The van der Waals surface area contributed by atoms with E-state index in [2.05, 4.69) is 20.4 Å². The molecule has 1 atom stereocenters. The Balaban J connectivity index is 1.46. The molecule has 0 aliphatic heterocycles. The highest BCUT2D eigenvalue weighted by atomic mass is 32.2. The number of hydrogen-bond acceptors (Lipinski definition) is 6. The maximum absolute atomic E-state index is 12.2. The second-order valence-corrected chi connectivity index (χ2v) is 7.26. The minimum absolute atomic E-state index is 0.0139. The molecule has 1 amide bonds. The SMILES string of the molecule is Cc1ccc(SC(C)C(=O)NCCc2nc(-c3ccccn3)no2)cc1. The quantitative estimate of drug-likeness (QED) is 0.645. The maximum atomic E-state index is 12.2. The summed E-state index contributed by atoms with van der Waals surface area (Å²) in [5.74, 6) is 0.917. The number of benzene rings is 1. The number of carbonyl (C=O) groups excluding carboxylic acids is 1. The van der Waals surface area contributed by atoms with Gasteiger partial charge in [-0.25, -0.2) is 0 Å². The third-order valence-electron chi connectivity index (χ3n) is 3.70. The predicted molar refractivity (Wildman–Crippen MR) is 101 cm³/mol. The van der Waals surface area contributed by atoms with E-state index in [4.69, 9.17) is 4.52 Å². The van der Waals surface area contributed by atoms with Crippen LogP contribution >= 0.6 is 11.8 Å². The molecule has 0 aliphatic carbocycles. The molecule has 0 aliphatic rings. The number of thioether (sulfide) groups is 1. The number of hydrogen-bond donors (Lipinski definition) is 1. The van der Waals surface area contributed by atoms with E-state index in [-0.39, 0.29) is 11.2 Å². The lowest BCUT2D eigenvalue weighted by Crippen LogP contribution is -2.32. The summed E-state index contributed by atoms with van der Waals surface area (Å²) in [6.07, 6.45) is 2.16. The summed E-state index contributed by atoms with van der Waals surface area (Å²) in [6, 6.07) is 13.7. The van der Waals surface area contributed by atoms with Gasteiger partial charge in [0.2, 0.25) is 17.6 Å². The average molecular weight is 368 g/mol. The van der Waals surface area contributed by atoms with Gasteiger partial charge >= 0.3 is 0 Å². The molecule has 6 nitrogen and oxygen atoms in total. The van der Waals surface area contributed by atoms with E-state index in [1.807, 2.05) is 56.3 Å². The van der Waals surface area contributed by atoms with Crippen LogP contribution in [0.2, 0.25) is 0 Å². The first-order valence-corrected chi connectivity index (χ1v) is 9.25. The van der Waals surface area contributed by atoms with Crippen LogP contribution in [0.25, 0.3) is 11.5 Å². The monoisotopic (exact) mass is 368 g/mol. The number of rotatable bonds is 7. The van der Waals surface area contributed by atoms with Gasteiger partial charge in [0.05, 0.1) is 5.25 Å². The number of nitrogens with zero attached hydrogens (tertiary/aromatic N) is 3. The van der Waals surface area contributed by atoms with Crippen molar-refractivity contribution in [2.45, 2.75) is 30.4 Å². The molecule has 2 aromatic heterocycles. The van der Waals surface area contributed by atoms with E-state index < -0.39 is 0 Å². The Labute approximate surface area is 156 Å². The van der Waals surface area contributed by atoms with Crippen LogP contribution in [0, 0.1) is 6.92 Å². The molecule has 0 fully saturated rings. The molecule has 26 heavy (non-hydrogen) atoms. The summed E-state index contributed by atoms with van der Waals surface area (Å²) in [5.41, 5.74) is 1.87. The fraction of sp³-hybridized carbons (Fsp3) is 0.263. The first-order chi connectivity index (χ1) is 12.6. The summed E-state index contributed by atoms with van der Waals surface area (Å²) in [5, 5.41) is 6.65. The van der Waals surface area contributed by atoms with Crippen molar-refractivity contribution in [1.29, 1.82) is 0 Å². The molecule has 2 heterocycles. The zero-order valence-corrected chi connectivity index (χ0v) is 15.5. The van der Waals surface area contributed by atoms with Crippen molar-refractivity contribution in [3.05, 3.63) is 60.1 Å². The normalized spacial score (nSPS) is 11.9. The molecule has 0 spiro atoms. The fourth-order valence-electron chi connectivity index (χ4n) is 2.27. The van der Waals surface area contributed by atoms with Crippen molar-refractivity contribution in [2.75, 3.05) is 6.54 Å². The van der Waals surface area contributed by atoms with Crippen LogP contribution in [0.1, 0.15) is 18.4 Å². The average Bonchev–Trinajstić information content (AvgIpc) is 3.13. The molecule has 1 unspecified atom stereocenters. The molecule has 7 heteroatoms. The van der Waals surface area contributed by atoms with Crippen molar-refractivity contribution in [3.8, 4) is 11.5 Å². The van der Waals surface area contributed by atoms with Crippen LogP contribution in [0.15, 0.2) is 58.1 Å². The smallest absolute Gasteiger partial charge is 0.233 e. The van der Waals surface area contributed by atoms with Crippen LogP contribution < -0.4 is 5.32 Å². The van der Waals surface area contributed by atoms with Crippen LogP contribution in [0.3, 0.4) is 0 Å². The zero-order valence-electron chi connectivity index (χ0n) is 14.7. The van der Waals surface area contributed by atoms with E-state index >= 15 is 0 Å². The van der Waals surface area contributed by atoms with Gasteiger partial charge in [0, 0.05) is 24.1 Å². The highest BCUT2D eigenvalue weighted by Gasteiger charge is 2.15. The predicted octanol–water partition coefficient (Wildman–Crippen LogP) is 3.28. The topological polar surface area (TPSA) is 80.9 Å². The fourth-order valence-corrected chi connectivity index (χ4v) is 3.16. The molecular formula is C19H20N4O2S. The summed E-state index contributed by atoms with van der Waals surface area (Å²) in [6.45, 7) is 4.38. The van der Waals surface area contributed by atoms with Crippen molar-refractivity contribution in [1.82, 2.24) is 20.4 Å². The van der Waals surface area contributed by atoms with Gasteiger partial charge in [0.1, 0.15) is 5.69 Å². The van der Waals surface area contributed by atoms with Gasteiger partial charge in [-0.2, -0.15) is 4.98 Å². The summed E-state index contributed by atoms with van der Waals surface area (Å²) < 4.78 is 5.21. The summed E-state index contributed by atoms with van der Waals surface area (Å²) in [4.78, 5) is 21.8. The Kier molecular flexibility index (Phi) is 6.01. The first kappa shape index (κ1) is 18.1. The minimum atomic E-state index is -0.176. The summed E-state index contributed by atoms with van der Waals surface area (Å²) in [7, 11) is 0. The summed E-state index contributed by atoms with van der Waals surface area (Å²) >= 11 is 1.54. The highest BCUT2D eigenvalue weighted by molar-refractivity contribution is 8.00. The van der Waals surface area contributed by atoms with E-state index in [1.165, 1.54) is 17.3 Å².